The molecule has 1 aromatic heterocycles. The van der Waals surface area contributed by atoms with Crippen molar-refractivity contribution in [2.75, 3.05) is 0 Å². The van der Waals surface area contributed by atoms with Crippen LogP contribution in [0.1, 0.15) is 32.0 Å². The molecule has 3 N–H and O–H groups in total. The molecule has 1 heterocycles. The zero-order chi connectivity index (χ0) is 11.4. The normalized spacial score (nSPS) is 13.1. The minimum atomic E-state index is -0.892. The molecule has 0 saturated heterocycles. The summed E-state index contributed by atoms with van der Waals surface area (Å²) < 4.78 is 1.37. The maximum absolute atomic E-state index is 11.0. The number of carboxylic acid groups (broad SMARTS) is 1. The Hall–Kier alpha value is -1.43. The van der Waals surface area contributed by atoms with Crippen LogP contribution in [-0.4, -0.2) is 26.1 Å². The van der Waals surface area contributed by atoms with Crippen molar-refractivity contribution in [3.63, 3.8) is 0 Å². The number of aliphatic carboxylic acids is 1. The van der Waals surface area contributed by atoms with Gasteiger partial charge in [0.1, 0.15) is 0 Å². The Morgan fingerprint density at radius 3 is 2.73 bits per heavy atom. The molecule has 0 aliphatic rings. The molecule has 6 heteroatoms. The Kier molecular flexibility index (Phi) is 3.79. The van der Waals surface area contributed by atoms with Crippen molar-refractivity contribution in [1.29, 1.82) is 0 Å². The summed E-state index contributed by atoms with van der Waals surface area (Å²) in [5, 5.41) is 16.6. The molecule has 1 atom stereocenters. The average Bonchev–Trinajstić information content (AvgIpc) is 2.61. The molecule has 0 aromatic carbocycles. The van der Waals surface area contributed by atoms with Crippen LogP contribution in [0.4, 0.5) is 0 Å². The molecule has 6 nitrogen and oxygen atoms in total. The first-order valence-corrected chi connectivity index (χ1v) is 4.88. The lowest BCUT2D eigenvalue weighted by Crippen LogP contribution is -2.21. The van der Waals surface area contributed by atoms with Crippen LogP contribution in [0.25, 0.3) is 0 Å². The van der Waals surface area contributed by atoms with E-state index < -0.39 is 12.0 Å². The smallest absolute Gasteiger partial charge is 0.328 e. The molecule has 0 amide bonds. The predicted octanol–water partition coefficient (Wildman–Crippen LogP) is 0.409. The standard InChI is InChI=1S/C9H16N4O2/c1-6(2)3-8(9(14)15)13-5-7(4-10)11-12-13/h5-6,8H,3-4,10H2,1-2H3,(H,14,15). The van der Waals surface area contributed by atoms with Crippen LogP contribution < -0.4 is 5.73 Å². The number of rotatable bonds is 5. The first kappa shape index (κ1) is 11.6. The number of nitrogens with zero attached hydrogens (tertiary/aromatic N) is 3. The van der Waals surface area contributed by atoms with Crippen LogP contribution in [0.5, 0.6) is 0 Å². The number of hydrogen-bond acceptors (Lipinski definition) is 4. The van der Waals surface area contributed by atoms with Crippen LogP contribution in [0, 0.1) is 5.92 Å². The lowest BCUT2D eigenvalue weighted by atomic mass is 10.0. The van der Waals surface area contributed by atoms with Gasteiger partial charge in [-0.3, -0.25) is 0 Å². The lowest BCUT2D eigenvalue weighted by Gasteiger charge is -2.13. The van der Waals surface area contributed by atoms with E-state index in [-0.39, 0.29) is 12.5 Å². The molecule has 0 aliphatic carbocycles. The second kappa shape index (κ2) is 4.88. The summed E-state index contributed by atoms with van der Waals surface area (Å²) in [4.78, 5) is 11.0. The highest BCUT2D eigenvalue weighted by Gasteiger charge is 2.22. The van der Waals surface area contributed by atoms with Crippen LogP contribution in [0.15, 0.2) is 6.20 Å². The van der Waals surface area contributed by atoms with E-state index in [0.717, 1.165) is 0 Å². The zero-order valence-corrected chi connectivity index (χ0v) is 8.92. The Balaban J connectivity index is 2.83. The summed E-state index contributed by atoms with van der Waals surface area (Å²) in [6.45, 7) is 4.21. The third-order valence-corrected chi connectivity index (χ3v) is 2.07. The average molecular weight is 212 g/mol. The van der Waals surface area contributed by atoms with Gasteiger partial charge in [-0.1, -0.05) is 19.1 Å². The summed E-state index contributed by atoms with van der Waals surface area (Å²) in [6.07, 6.45) is 2.11. The Morgan fingerprint density at radius 1 is 1.67 bits per heavy atom. The zero-order valence-electron chi connectivity index (χ0n) is 8.92. The molecule has 84 valence electrons. The van der Waals surface area contributed by atoms with Crippen molar-refractivity contribution in [3.8, 4) is 0 Å². The number of aromatic nitrogens is 3. The van der Waals surface area contributed by atoms with E-state index in [1.54, 1.807) is 6.20 Å². The molecule has 0 bridgehead atoms. The van der Waals surface area contributed by atoms with E-state index in [9.17, 15) is 4.79 Å². The van der Waals surface area contributed by atoms with Crippen LogP contribution in [-0.2, 0) is 11.3 Å². The summed E-state index contributed by atoms with van der Waals surface area (Å²) >= 11 is 0. The highest BCUT2D eigenvalue weighted by atomic mass is 16.4. The van der Waals surface area contributed by atoms with Crippen molar-refractivity contribution in [2.24, 2.45) is 11.7 Å². The summed E-state index contributed by atoms with van der Waals surface area (Å²) in [5.41, 5.74) is 5.98. The molecule has 1 rings (SSSR count). The summed E-state index contributed by atoms with van der Waals surface area (Å²) in [6, 6.07) is -0.655. The van der Waals surface area contributed by atoms with E-state index in [4.69, 9.17) is 10.8 Å². The third-order valence-electron chi connectivity index (χ3n) is 2.07. The summed E-state index contributed by atoms with van der Waals surface area (Å²) in [5.74, 6) is -0.603. The molecule has 1 unspecified atom stereocenters. The molecule has 0 saturated carbocycles. The van der Waals surface area contributed by atoms with Gasteiger partial charge in [-0.25, -0.2) is 9.48 Å². The van der Waals surface area contributed by atoms with Gasteiger partial charge in [0.15, 0.2) is 6.04 Å². The SMILES string of the molecule is CC(C)CC(C(=O)O)n1cc(CN)nn1. The maximum atomic E-state index is 11.0. The quantitative estimate of drug-likeness (QED) is 0.737. The molecule has 0 aliphatic heterocycles. The molecule has 15 heavy (non-hydrogen) atoms. The fourth-order valence-electron chi connectivity index (χ4n) is 1.33. The fraction of sp³-hybridized carbons (Fsp3) is 0.667. The van der Waals surface area contributed by atoms with Gasteiger partial charge in [0, 0.05) is 6.54 Å². The molecular formula is C9H16N4O2. The van der Waals surface area contributed by atoms with Crippen LogP contribution in [0.3, 0.4) is 0 Å². The minimum absolute atomic E-state index is 0.272. The van der Waals surface area contributed by atoms with Gasteiger partial charge in [0.25, 0.3) is 0 Å². The number of carboxylic acids is 1. The minimum Gasteiger partial charge on any atom is -0.480 e. The predicted molar refractivity (Wildman–Crippen MR) is 54.0 cm³/mol. The van der Waals surface area contributed by atoms with E-state index in [0.29, 0.717) is 12.1 Å². The molecule has 0 spiro atoms. The van der Waals surface area contributed by atoms with Crippen molar-refractivity contribution >= 4 is 5.97 Å². The first-order chi connectivity index (χ1) is 7.04. The van der Waals surface area contributed by atoms with Gasteiger partial charge in [-0.05, 0) is 12.3 Å². The van der Waals surface area contributed by atoms with Crippen LogP contribution >= 0.6 is 0 Å². The molecule has 0 fully saturated rings. The van der Waals surface area contributed by atoms with E-state index >= 15 is 0 Å². The van der Waals surface area contributed by atoms with Crippen molar-refractivity contribution in [2.45, 2.75) is 32.9 Å². The van der Waals surface area contributed by atoms with E-state index in [2.05, 4.69) is 10.3 Å². The Morgan fingerprint density at radius 2 is 2.33 bits per heavy atom. The van der Waals surface area contributed by atoms with Gasteiger partial charge < -0.3 is 10.8 Å². The fourth-order valence-corrected chi connectivity index (χ4v) is 1.33. The topological polar surface area (TPSA) is 94.0 Å². The summed E-state index contributed by atoms with van der Waals surface area (Å²) in [7, 11) is 0. The molecular weight excluding hydrogens is 196 g/mol. The molecule has 1 aromatic rings. The Bertz CT molecular complexity index is 335. The van der Waals surface area contributed by atoms with E-state index in [1.807, 2.05) is 13.8 Å². The van der Waals surface area contributed by atoms with Crippen molar-refractivity contribution < 1.29 is 9.90 Å². The highest BCUT2D eigenvalue weighted by molar-refractivity contribution is 5.71. The third kappa shape index (κ3) is 3.02. The van der Waals surface area contributed by atoms with Crippen LogP contribution in [0.2, 0.25) is 0 Å². The number of hydrogen-bond donors (Lipinski definition) is 2. The largest absolute Gasteiger partial charge is 0.480 e. The van der Waals surface area contributed by atoms with E-state index in [1.165, 1.54) is 4.68 Å². The van der Waals surface area contributed by atoms with Gasteiger partial charge in [-0.15, -0.1) is 5.10 Å². The second-order valence-corrected chi connectivity index (χ2v) is 3.88. The van der Waals surface area contributed by atoms with Gasteiger partial charge in [0.2, 0.25) is 0 Å². The number of nitrogens with two attached hydrogens (primary N) is 1. The second-order valence-electron chi connectivity index (χ2n) is 3.88. The first-order valence-electron chi connectivity index (χ1n) is 4.88. The van der Waals surface area contributed by atoms with Gasteiger partial charge in [0.05, 0.1) is 11.9 Å². The van der Waals surface area contributed by atoms with Crippen molar-refractivity contribution in [1.82, 2.24) is 15.0 Å². The lowest BCUT2D eigenvalue weighted by molar-refractivity contribution is -0.141. The maximum Gasteiger partial charge on any atom is 0.328 e. The molecule has 0 radical (unpaired) electrons. The van der Waals surface area contributed by atoms with Gasteiger partial charge in [-0.2, -0.15) is 0 Å². The van der Waals surface area contributed by atoms with Crippen molar-refractivity contribution in [3.05, 3.63) is 11.9 Å². The monoisotopic (exact) mass is 212 g/mol. The Labute approximate surface area is 88.1 Å². The highest BCUT2D eigenvalue weighted by Crippen LogP contribution is 2.16. The number of carbonyl (C=O) groups is 1. The van der Waals surface area contributed by atoms with Gasteiger partial charge >= 0.3 is 5.97 Å².